The van der Waals surface area contributed by atoms with Gasteiger partial charge in [-0.25, -0.2) is 14.8 Å². The van der Waals surface area contributed by atoms with Crippen molar-refractivity contribution in [3.8, 4) is 11.5 Å². The van der Waals surface area contributed by atoms with Crippen LogP contribution in [0.3, 0.4) is 0 Å². The first-order chi connectivity index (χ1) is 18.5. The average Bonchev–Trinajstić information content (AvgIpc) is 3.68. The number of likely N-dealkylation sites (tertiary alicyclic amines) is 1. The molecule has 4 heterocycles. The van der Waals surface area contributed by atoms with Gasteiger partial charge in [0, 0.05) is 28.5 Å². The summed E-state index contributed by atoms with van der Waals surface area (Å²) in [5.41, 5.74) is 2.32. The van der Waals surface area contributed by atoms with Crippen LogP contribution in [0, 0.1) is 5.41 Å². The first-order valence-electron chi connectivity index (χ1n) is 12.3. The predicted molar refractivity (Wildman–Crippen MR) is 143 cm³/mol. The third-order valence-corrected chi connectivity index (χ3v) is 8.51. The zero-order chi connectivity index (χ0) is 26.1. The average molecular weight is 597 g/mol. The molecule has 12 heteroatoms. The fourth-order valence-corrected chi connectivity index (χ4v) is 6.10. The van der Waals surface area contributed by atoms with Crippen LogP contribution in [-0.4, -0.2) is 49.9 Å². The van der Waals surface area contributed by atoms with Gasteiger partial charge in [0.1, 0.15) is 12.1 Å². The van der Waals surface area contributed by atoms with Crippen molar-refractivity contribution in [1.82, 2.24) is 24.4 Å². The van der Waals surface area contributed by atoms with E-state index in [-0.39, 0.29) is 31.0 Å². The third kappa shape index (κ3) is 5.10. The maximum atomic E-state index is 12.8. The van der Waals surface area contributed by atoms with Gasteiger partial charge in [0.05, 0.1) is 6.33 Å². The number of nitrogens with one attached hydrogen (secondary N) is 2. The molecule has 0 bridgehead atoms. The Bertz CT molecular complexity index is 1540. The Morgan fingerprint density at radius 1 is 1.24 bits per heavy atom. The molecule has 6 rings (SSSR count). The van der Waals surface area contributed by atoms with Gasteiger partial charge in [0.2, 0.25) is 6.79 Å². The summed E-state index contributed by atoms with van der Waals surface area (Å²) in [4.78, 5) is 27.8. The van der Waals surface area contributed by atoms with Crippen molar-refractivity contribution in [2.45, 2.75) is 48.5 Å². The standard InChI is InChI=1S/C26H25BrN6O4S/c27-18-11-19-20(37-15-36-19)12-21(18)38-25-30-22-23(28)29-14-32(24(22)31-25)10-8-17-7-4-9-33(17)26(34)35-13-16-5-2-1-3-6-16/h1-3,5-6,11-12,14,17,28H,4,7-10,13,15H2,(H,30,31). The number of imidazole rings is 1. The van der Waals surface area contributed by atoms with Crippen LogP contribution < -0.4 is 15.0 Å². The monoisotopic (exact) mass is 596 g/mol. The summed E-state index contributed by atoms with van der Waals surface area (Å²) in [5.74, 6) is 1.39. The summed E-state index contributed by atoms with van der Waals surface area (Å²) in [6, 6.07) is 13.6. The molecule has 2 N–H and O–H groups in total. The summed E-state index contributed by atoms with van der Waals surface area (Å²) >= 11 is 5.02. The zero-order valence-corrected chi connectivity index (χ0v) is 22.8. The predicted octanol–water partition coefficient (Wildman–Crippen LogP) is 5.07. The Balaban J connectivity index is 1.15. The highest BCUT2D eigenvalue weighted by Crippen LogP contribution is 2.42. The minimum absolute atomic E-state index is 0.0777. The number of nitrogens with zero attached hydrogens (tertiary/aromatic N) is 4. The Kier molecular flexibility index (Phi) is 6.98. The van der Waals surface area contributed by atoms with Gasteiger partial charge in [0.25, 0.3) is 0 Å². The summed E-state index contributed by atoms with van der Waals surface area (Å²) in [7, 11) is 0. The Morgan fingerprint density at radius 3 is 2.89 bits per heavy atom. The molecule has 0 saturated carbocycles. The van der Waals surface area contributed by atoms with Crippen LogP contribution in [0.2, 0.25) is 0 Å². The molecule has 196 valence electrons. The van der Waals surface area contributed by atoms with E-state index in [0.29, 0.717) is 40.9 Å². The Labute approximate surface area is 231 Å². The number of fused-ring (bicyclic) bond motifs is 2. The zero-order valence-electron chi connectivity index (χ0n) is 20.4. The second kappa shape index (κ2) is 10.7. The molecule has 0 aliphatic carbocycles. The number of hydrogen-bond donors (Lipinski definition) is 2. The number of carbonyl (C=O) groups is 1. The van der Waals surface area contributed by atoms with Crippen molar-refractivity contribution in [3.05, 3.63) is 64.3 Å². The molecule has 2 aromatic carbocycles. The minimum atomic E-state index is -0.279. The molecule has 2 aliphatic heterocycles. The second-order valence-electron chi connectivity index (χ2n) is 9.08. The number of ether oxygens (including phenoxy) is 3. The van der Waals surface area contributed by atoms with Crippen molar-refractivity contribution in [3.63, 3.8) is 0 Å². The van der Waals surface area contributed by atoms with Crippen LogP contribution in [0.25, 0.3) is 11.2 Å². The van der Waals surface area contributed by atoms with E-state index in [4.69, 9.17) is 24.6 Å². The summed E-state index contributed by atoms with van der Waals surface area (Å²) < 4.78 is 19.3. The van der Waals surface area contributed by atoms with Gasteiger partial charge in [-0.15, -0.1) is 0 Å². The molecule has 1 saturated heterocycles. The van der Waals surface area contributed by atoms with Gasteiger partial charge < -0.3 is 28.7 Å². The second-order valence-corrected chi connectivity index (χ2v) is 11.0. The third-order valence-electron chi connectivity index (χ3n) is 6.65. The lowest BCUT2D eigenvalue weighted by Gasteiger charge is -2.24. The molecule has 10 nitrogen and oxygen atoms in total. The van der Waals surface area contributed by atoms with Crippen molar-refractivity contribution in [1.29, 1.82) is 5.41 Å². The maximum absolute atomic E-state index is 12.8. The van der Waals surface area contributed by atoms with Gasteiger partial charge >= 0.3 is 6.09 Å². The maximum Gasteiger partial charge on any atom is 0.410 e. The van der Waals surface area contributed by atoms with Crippen LogP contribution in [0.4, 0.5) is 4.79 Å². The van der Waals surface area contributed by atoms with Crippen molar-refractivity contribution in [2.75, 3.05) is 13.3 Å². The summed E-state index contributed by atoms with van der Waals surface area (Å²) in [6.45, 7) is 1.77. The number of aromatic nitrogens is 4. The number of hydrogen-bond acceptors (Lipinski definition) is 8. The number of aromatic amines is 1. The van der Waals surface area contributed by atoms with E-state index in [1.807, 2.05) is 51.9 Å². The van der Waals surface area contributed by atoms with E-state index in [2.05, 4.69) is 25.9 Å². The molecule has 1 fully saturated rings. The van der Waals surface area contributed by atoms with E-state index < -0.39 is 0 Å². The molecular weight excluding hydrogens is 572 g/mol. The quantitative estimate of drug-likeness (QED) is 0.305. The fraction of sp³-hybridized carbons (Fsp3) is 0.308. The van der Waals surface area contributed by atoms with Crippen LogP contribution in [0.1, 0.15) is 24.8 Å². The molecule has 0 spiro atoms. The number of H-pyrrole nitrogens is 1. The lowest BCUT2D eigenvalue weighted by Crippen LogP contribution is -2.36. The van der Waals surface area contributed by atoms with Gasteiger partial charge in [-0.2, -0.15) is 0 Å². The molecule has 1 atom stereocenters. The first kappa shape index (κ1) is 24.8. The van der Waals surface area contributed by atoms with Crippen LogP contribution in [0.5, 0.6) is 11.5 Å². The first-order valence-corrected chi connectivity index (χ1v) is 13.9. The topological polar surface area (TPSA) is 118 Å². The van der Waals surface area contributed by atoms with Crippen LogP contribution >= 0.6 is 27.7 Å². The van der Waals surface area contributed by atoms with Crippen LogP contribution in [-0.2, 0) is 17.9 Å². The van der Waals surface area contributed by atoms with E-state index in [1.165, 1.54) is 11.8 Å². The smallest absolute Gasteiger partial charge is 0.410 e. The van der Waals surface area contributed by atoms with E-state index >= 15 is 0 Å². The molecule has 4 aromatic rings. The number of carbonyl (C=O) groups excluding carboxylic acids is 1. The van der Waals surface area contributed by atoms with Crippen molar-refractivity contribution >= 4 is 44.9 Å². The highest BCUT2D eigenvalue weighted by molar-refractivity contribution is 9.10. The Morgan fingerprint density at radius 2 is 2.05 bits per heavy atom. The van der Waals surface area contributed by atoms with Gasteiger partial charge in [-0.1, -0.05) is 42.1 Å². The number of aryl methyl sites for hydroxylation is 1. The van der Waals surface area contributed by atoms with E-state index in [1.54, 1.807) is 6.33 Å². The van der Waals surface area contributed by atoms with E-state index in [0.717, 1.165) is 34.2 Å². The van der Waals surface area contributed by atoms with Gasteiger partial charge in [0.15, 0.2) is 27.8 Å². The Hall–Kier alpha value is -3.51. The fourth-order valence-electron chi connectivity index (χ4n) is 4.72. The molecule has 1 amide bonds. The van der Waals surface area contributed by atoms with Crippen LogP contribution in [0.15, 0.2) is 63.3 Å². The van der Waals surface area contributed by atoms with Gasteiger partial charge in [-0.3, -0.25) is 5.41 Å². The molecule has 2 aromatic heterocycles. The van der Waals surface area contributed by atoms with Crippen molar-refractivity contribution in [2.24, 2.45) is 0 Å². The SMILES string of the molecule is N=c1ncn(CCC2CCCN2C(=O)OCc2ccccc2)c2nc(Sc3cc4c(cc3Br)OCO4)[nH]c12. The van der Waals surface area contributed by atoms with E-state index in [9.17, 15) is 4.79 Å². The summed E-state index contributed by atoms with van der Waals surface area (Å²) in [5, 5.41) is 8.92. The highest BCUT2D eigenvalue weighted by atomic mass is 79.9. The summed E-state index contributed by atoms with van der Waals surface area (Å²) in [6.07, 6.45) is 3.97. The normalized spacial score (nSPS) is 16.3. The molecule has 38 heavy (non-hydrogen) atoms. The van der Waals surface area contributed by atoms with Crippen molar-refractivity contribution < 1.29 is 19.0 Å². The molecule has 2 aliphatic rings. The minimum Gasteiger partial charge on any atom is -0.454 e. The lowest BCUT2D eigenvalue weighted by molar-refractivity contribution is 0.0902. The molecular formula is C26H25BrN6O4S. The number of halogens is 1. The largest absolute Gasteiger partial charge is 0.454 e. The molecule has 1 unspecified atom stereocenters. The number of benzene rings is 2. The highest BCUT2D eigenvalue weighted by Gasteiger charge is 2.30. The number of rotatable bonds is 7. The number of amides is 1. The lowest BCUT2D eigenvalue weighted by atomic mass is 10.1. The van der Waals surface area contributed by atoms with Gasteiger partial charge in [-0.05, 0) is 52.9 Å². The molecule has 0 radical (unpaired) electrons.